The molecule has 0 atom stereocenters. The zero-order valence-corrected chi connectivity index (χ0v) is 10.0. The largest absolute Gasteiger partial charge is 0.481 e. The van der Waals surface area contributed by atoms with Gasteiger partial charge >= 0.3 is 5.69 Å². The Morgan fingerprint density at radius 3 is 2.78 bits per heavy atom. The van der Waals surface area contributed by atoms with Crippen LogP contribution in [0, 0.1) is 22.0 Å². The van der Waals surface area contributed by atoms with Gasteiger partial charge in [0.1, 0.15) is 0 Å². The average Bonchev–Trinajstić information content (AvgIpc) is 2.29. The van der Waals surface area contributed by atoms with Crippen molar-refractivity contribution in [2.24, 2.45) is 0 Å². The standard InChI is InChI=1S/C9H9N3O2.C2H4O2/c1-2-3-6-10-9-8(12(13)14)5-4-7-11-9;1-2(3)4/h4-5,7H,6H2,1H3,(H,10,11);1H3,(H,3,4). The summed E-state index contributed by atoms with van der Waals surface area (Å²) in [4.78, 5) is 22.9. The van der Waals surface area contributed by atoms with E-state index < -0.39 is 10.9 Å². The van der Waals surface area contributed by atoms with Gasteiger partial charge in [0.2, 0.25) is 5.82 Å². The molecule has 7 heteroatoms. The quantitative estimate of drug-likeness (QED) is 0.479. The summed E-state index contributed by atoms with van der Waals surface area (Å²) in [5, 5.41) is 20.7. The number of anilines is 1. The molecule has 0 bridgehead atoms. The lowest BCUT2D eigenvalue weighted by Gasteiger charge is -2.00. The summed E-state index contributed by atoms with van der Waals surface area (Å²) in [7, 11) is 0. The van der Waals surface area contributed by atoms with Crippen molar-refractivity contribution >= 4 is 17.5 Å². The number of hydrogen-bond acceptors (Lipinski definition) is 5. The lowest BCUT2D eigenvalue weighted by molar-refractivity contribution is -0.384. The first-order valence-corrected chi connectivity index (χ1v) is 4.91. The van der Waals surface area contributed by atoms with Crippen molar-refractivity contribution < 1.29 is 14.8 Å². The van der Waals surface area contributed by atoms with Crippen LogP contribution in [-0.2, 0) is 4.79 Å². The van der Waals surface area contributed by atoms with Crippen molar-refractivity contribution in [3.05, 3.63) is 28.4 Å². The zero-order valence-electron chi connectivity index (χ0n) is 10.0. The second-order valence-corrected chi connectivity index (χ2v) is 2.93. The zero-order chi connectivity index (χ0) is 14.0. The van der Waals surface area contributed by atoms with Gasteiger partial charge in [-0.3, -0.25) is 14.9 Å². The Hall–Kier alpha value is -2.62. The monoisotopic (exact) mass is 251 g/mol. The summed E-state index contributed by atoms with van der Waals surface area (Å²) in [5.74, 6) is 4.83. The van der Waals surface area contributed by atoms with Gasteiger partial charge < -0.3 is 10.4 Å². The van der Waals surface area contributed by atoms with E-state index in [0.29, 0.717) is 6.54 Å². The fraction of sp³-hybridized carbons (Fsp3) is 0.273. The Kier molecular flexibility index (Phi) is 7.28. The number of aliphatic carboxylic acids is 1. The maximum absolute atomic E-state index is 10.5. The van der Waals surface area contributed by atoms with Gasteiger partial charge in [-0.05, 0) is 13.0 Å². The van der Waals surface area contributed by atoms with Gasteiger partial charge in [-0.2, -0.15) is 0 Å². The molecule has 0 aliphatic heterocycles. The third-order valence-electron chi connectivity index (χ3n) is 1.50. The van der Waals surface area contributed by atoms with E-state index in [1.54, 1.807) is 6.92 Å². The third kappa shape index (κ3) is 6.79. The molecule has 0 saturated heterocycles. The van der Waals surface area contributed by atoms with Gasteiger partial charge in [-0.1, -0.05) is 5.92 Å². The molecular formula is C11H13N3O4. The highest BCUT2D eigenvalue weighted by Gasteiger charge is 2.12. The summed E-state index contributed by atoms with van der Waals surface area (Å²) in [6, 6.07) is 2.92. The molecule has 1 aromatic heterocycles. The van der Waals surface area contributed by atoms with E-state index in [4.69, 9.17) is 9.90 Å². The molecule has 7 nitrogen and oxygen atoms in total. The molecule has 0 aromatic carbocycles. The number of rotatable bonds is 3. The van der Waals surface area contributed by atoms with E-state index >= 15 is 0 Å². The smallest absolute Gasteiger partial charge is 0.311 e. The molecule has 96 valence electrons. The average molecular weight is 251 g/mol. The van der Waals surface area contributed by atoms with Gasteiger partial charge in [-0.25, -0.2) is 4.98 Å². The fourth-order valence-corrected chi connectivity index (χ4v) is 0.897. The Balaban J connectivity index is 0.000000631. The van der Waals surface area contributed by atoms with E-state index in [1.807, 2.05) is 0 Å². The normalized spacial score (nSPS) is 8.11. The third-order valence-corrected chi connectivity index (χ3v) is 1.50. The molecule has 1 heterocycles. The van der Waals surface area contributed by atoms with E-state index in [-0.39, 0.29) is 11.5 Å². The first-order chi connectivity index (χ1) is 8.49. The van der Waals surface area contributed by atoms with Crippen molar-refractivity contribution in [2.45, 2.75) is 13.8 Å². The van der Waals surface area contributed by atoms with Crippen LogP contribution in [0.1, 0.15) is 13.8 Å². The molecule has 0 aliphatic carbocycles. The molecule has 0 spiro atoms. The first-order valence-electron chi connectivity index (χ1n) is 4.91. The van der Waals surface area contributed by atoms with E-state index in [0.717, 1.165) is 6.92 Å². The van der Waals surface area contributed by atoms with E-state index in [2.05, 4.69) is 22.1 Å². The van der Waals surface area contributed by atoms with Crippen molar-refractivity contribution in [3.8, 4) is 11.8 Å². The molecule has 0 saturated carbocycles. The summed E-state index contributed by atoms with van der Waals surface area (Å²) in [6.07, 6.45) is 1.49. The SMILES string of the molecule is CC#CCNc1ncccc1[N+](=O)[O-].CC(=O)O. The topological polar surface area (TPSA) is 105 Å². The lowest BCUT2D eigenvalue weighted by atomic mass is 10.4. The number of nitrogens with one attached hydrogen (secondary N) is 1. The summed E-state index contributed by atoms with van der Waals surface area (Å²) >= 11 is 0. The molecule has 0 amide bonds. The van der Waals surface area contributed by atoms with Crippen LogP contribution in [-0.4, -0.2) is 27.5 Å². The maximum atomic E-state index is 10.5. The number of carbonyl (C=O) groups is 1. The minimum atomic E-state index is -0.833. The minimum absolute atomic E-state index is 0.0367. The Bertz CT molecular complexity index is 473. The van der Waals surface area contributed by atoms with Crippen LogP contribution >= 0.6 is 0 Å². The molecule has 1 aromatic rings. The number of nitro groups is 1. The van der Waals surface area contributed by atoms with Crippen LogP contribution in [0.25, 0.3) is 0 Å². The molecule has 2 N–H and O–H groups in total. The van der Waals surface area contributed by atoms with E-state index in [1.165, 1.54) is 18.3 Å². The molecule has 0 aliphatic rings. The molecule has 0 radical (unpaired) electrons. The van der Waals surface area contributed by atoms with Crippen LogP contribution in [0.15, 0.2) is 18.3 Å². The highest BCUT2D eigenvalue weighted by Crippen LogP contribution is 2.19. The number of carboxylic acids is 1. The van der Waals surface area contributed by atoms with Crippen molar-refractivity contribution in [1.29, 1.82) is 0 Å². The molecular weight excluding hydrogens is 238 g/mol. The van der Waals surface area contributed by atoms with Crippen molar-refractivity contribution in [2.75, 3.05) is 11.9 Å². The second-order valence-electron chi connectivity index (χ2n) is 2.93. The first kappa shape index (κ1) is 15.4. The van der Waals surface area contributed by atoms with E-state index in [9.17, 15) is 10.1 Å². The van der Waals surface area contributed by atoms with Crippen LogP contribution in [0.3, 0.4) is 0 Å². The Morgan fingerprint density at radius 1 is 1.67 bits per heavy atom. The highest BCUT2D eigenvalue weighted by atomic mass is 16.6. The molecule has 1 rings (SSSR count). The summed E-state index contributed by atoms with van der Waals surface area (Å²) in [6.45, 7) is 3.14. The predicted molar refractivity (Wildman–Crippen MR) is 66.1 cm³/mol. The second kappa shape index (κ2) is 8.52. The predicted octanol–water partition coefficient (Wildman–Crippen LogP) is 1.52. The van der Waals surface area contributed by atoms with Gasteiger partial charge in [-0.15, -0.1) is 5.92 Å². The summed E-state index contributed by atoms with van der Waals surface area (Å²) < 4.78 is 0. The number of nitrogens with zero attached hydrogens (tertiary/aromatic N) is 2. The van der Waals surface area contributed by atoms with Crippen molar-refractivity contribution in [1.82, 2.24) is 4.98 Å². The Labute approximate surface area is 104 Å². The van der Waals surface area contributed by atoms with Gasteiger partial charge in [0, 0.05) is 19.2 Å². The van der Waals surface area contributed by atoms with Gasteiger partial charge in [0.15, 0.2) is 0 Å². The van der Waals surface area contributed by atoms with Crippen LogP contribution in [0.2, 0.25) is 0 Å². The Morgan fingerprint density at radius 2 is 2.28 bits per heavy atom. The van der Waals surface area contributed by atoms with Crippen molar-refractivity contribution in [3.63, 3.8) is 0 Å². The number of aromatic nitrogens is 1. The van der Waals surface area contributed by atoms with Crippen LogP contribution < -0.4 is 5.32 Å². The summed E-state index contributed by atoms with van der Waals surface area (Å²) in [5.41, 5.74) is -0.0367. The number of carboxylic acid groups (broad SMARTS) is 1. The lowest BCUT2D eigenvalue weighted by Crippen LogP contribution is -2.04. The van der Waals surface area contributed by atoms with Crippen LogP contribution in [0.4, 0.5) is 11.5 Å². The van der Waals surface area contributed by atoms with Crippen LogP contribution in [0.5, 0.6) is 0 Å². The minimum Gasteiger partial charge on any atom is -0.481 e. The maximum Gasteiger partial charge on any atom is 0.311 e. The fourth-order valence-electron chi connectivity index (χ4n) is 0.897. The molecule has 18 heavy (non-hydrogen) atoms. The number of pyridine rings is 1. The molecule has 0 unspecified atom stereocenters. The molecule has 0 fully saturated rings. The highest BCUT2D eigenvalue weighted by molar-refractivity contribution is 5.63. The number of hydrogen-bond donors (Lipinski definition) is 2. The van der Waals surface area contributed by atoms with Gasteiger partial charge in [0.05, 0.1) is 11.5 Å². The van der Waals surface area contributed by atoms with Gasteiger partial charge in [0.25, 0.3) is 5.97 Å².